The number of allylic oxidation sites excluding steroid dienone is 1. The van der Waals surface area contributed by atoms with Crippen molar-refractivity contribution in [3.8, 4) is 11.5 Å². The third-order valence-electron chi connectivity index (χ3n) is 3.91. The number of hydrogen-bond acceptors (Lipinski definition) is 5. The Bertz CT molecular complexity index is 849. The summed E-state index contributed by atoms with van der Waals surface area (Å²) in [7, 11) is 1.51. The molecule has 0 radical (unpaired) electrons. The number of benzene rings is 2. The summed E-state index contributed by atoms with van der Waals surface area (Å²) in [5, 5.41) is 2.63. The molecule has 6 nitrogen and oxygen atoms in total. The van der Waals surface area contributed by atoms with E-state index in [1.807, 2.05) is 25.1 Å². The molecule has 0 aliphatic rings. The molecular formula is C22H24FNO5. The second-order valence-electron chi connectivity index (χ2n) is 6.09. The van der Waals surface area contributed by atoms with Gasteiger partial charge in [-0.1, -0.05) is 30.4 Å². The molecule has 1 N–H and O–H groups in total. The molecule has 0 atom stereocenters. The topological polar surface area (TPSA) is 73.9 Å². The van der Waals surface area contributed by atoms with E-state index in [0.717, 1.165) is 11.1 Å². The second-order valence-corrected chi connectivity index (χ2v) is 6.09. The van der Waals surface area contributed by atoms with E-state index in [0.29, 0.717) is 24.5 Å². The number of amides is 1. The van der Waals surface area contributed by atoms with E-state index in [4.69, 9.17) is 14.2 Å². The highest BCUT2D eigenvalue weighted by Gasteiger charge is 2.11. The maximum absolute atomic E-state index is 12.8. The van der Waals surface area contributed by atoms with Crippen LogP contribution in [0.25, 0.3) is 6.08 Å². The number of methoxy groups -OCH3 is 1. The summed E-state index contributed by atoms with van der Waals surface area (Å²) in [6.07, 6.45) is 4.36. The van der Waals surface area contributed by atoms with Crippen LogP contribution in [-0.4, -0.2) is 38.7 Å². The molecule has 0 saturated heterocycles. The Balaban J connectivity index is 1.69. The lowest BCUT2D eigenvalue weighted by atomic mass is 10.1. The van der Waals surface area contributed by atoms with Crippen LogP contribution in [0.3, 0.4) is 0 Å². The summed E-state index contributed by atoms with van der Waals surface area (Å²) < 4.78 is 28.4. The number of esters is 1. The Kier molecular flexibility index (Phi) is 8.69. The third kappa shape index (κ3) is 7.65. The minimum atomic E-state index is -0.668. The molecule has 0 aromatic heterocycles. The van der Waals surface area contributed by atoms with Crippen molar-refractivity contribution in [2.75, 3.05) is 26.9 Å². The van der Waals surface area contributed by atoms with Crippen molar-refractivity contribution in [3.05, 3.63) is 65.5 Å². The van der Waals surface area contributed by atoms with Gasteiger partial charge in [0, 0.05) is 6.54 Å². The summed E-state index contributed by atoms with van der Waals surface area (Å²) in [5.41, 5.74) is 1.84. The Labute approximate surface area is 169 Å². The zero-order chi connectivity index (χ0) is 21.1. The molecule has 2 aromatic rings. The molecule has 154 valence electrons. The standard InChI is InChI=1S/C22H24FNO5/c1-3-4-17-7-10-19(20(13-17)27-2)28-15-22(26)29-14-21(25)24-12-11-16-5-8-18(23)9-6-16/h3-10,13H,11-12,14-15H2,1-2H3,(H,24,25)/b4-3+. The zero-order valence-corrected chi connectivity index (χ0v) is 16.4. The van der Waals surface area contributed by atoms with Gasteiger partial charge in [-0.3, -0.25) is 4.79 Å². The second kappa shape index (κ2) is 11.5. The van der Waals surface area contributed by atoms with Gasteiger partial charge in [-0.05, 0) is 48.7 Å². The van der Waals surface area contributed by atoms with Crippen molar-refractivity contribution in [2.24, 2.45) is 0 Å². The first-order chi connectivity index (χ1) is 14.0. The lowest BCUT2D eigenvalue weighted by molar-refractivity contribution is -0.150. The van der Waals surface area contributed by atoms with E-state index in [9.17, 15) is 14.0 Å². The van der Waals surface area contributed by atoms with Crippen molar-refractivity contribution in [1.82, 2.24) is 5.32 Å². The van der Waals surface area contributed by atoms with Gasteiger partial charge in [-0.25, -0.2) is 9.18 Å². The van der Waals surface area contributed by atoms with Gasteiger partial charge in [0.2, 0.25) is 0 Å². The lowest BCUT2D eigenvalue weighted by Gasteiger charge is -2.11. The van der Waals surface area contributed by atoms with E-state index in [2.05, 4.69) is 5.32 Å². The van der Waals surface area contributed by atoms with E-state index in [1.54, 1.807) is 24.3 Å². The molecule has 0 aliphatic carbocycles. The fourth-order valence-corrected chi connectivity index (χ4v) is 2.47. The Morgan fingerprint density at radius 1 is 1.07 bits per heavy atom. The van der Waals surface area contributed by atoms with Crippen LogP contribution in [0.2, 0.25) is 0 Å². The smallest absolute Gasteiger partial charge is 0.344 e. The monoisotopic (exact) mass is 401 g/mol. The Morgan fingerprint density at radius 2 is 1.83 bits per heavy atom. The number of halogens is 1. The van der Waals surface area contributed by atoms with Crippen LogP contribution in [0.5, 0.6) is 11.5 Å². The number of carbonyl (C=O) groups excluding carboxylic acids is 2. The number of nitrogens with one attached hydrogen (secondary N) is 1. The van der Waals surface area contributed by atoms with Gasteiger partial charge in [-0.2, -0.15) is 0 Å². The van der Waals surface area contributed by atoms with Gasteiger partial charge in [0.05, 0.1) is 7.11 Å². The van der Waals surface area contributed by atoms with E-state index < -0.39 is 18.5 Å². The SMILES string of the molecule is C/C=C/c1ccc(OCC(=O)OCC(=O)NCCc2ccc(F)cc2)c(OC)c1. The highest BCUT2D eigenvalue weighted by molar-refractivity contribution is 5.80. The van der Waals surface area contributed by atoms with Crippen molar-refractivity contribution in [3.63, 3.8) is 0 Å². The van der Waals surface area contributed by atoms with Gasteiger partial charge < -0.3 is 19.5 Å². The number of hydrogen-bond donors (Lipinski definition) is 1. The van der Waals surface area contributed by atoms with E-state index in [-0.39, 0.29) is 12.4 Å². The highest BCUT2D eigenvalue weighted by Crippen LogP contribution is 2.28. The normalized spacial score (nSPS) is 10.6. The van der Waals surface area contributed by atoms with Gasteiger partial charge in [0.1, 0.15) is 5.82 Å². The molecule has 1 amide bonds. The molecule has 0 heterocycles. The maximum atomic E-state index is 12.8. The molecule has 29 heavy (non-hydrogen) atoms. The van der Waals surface area contributed by atoms with Crippen LogP contribution in [-0.2, 0) is 20.7 Å². The first kappa shape index (κ1) is 21.9. The van der Waals surface area contributed by atoms with Crippen LogP contribution in [0.15, 0.2) is 48.5 Å². The van der Waals surface area contributed by atoms with Crippen LogP contribution in [0.1, 0.15) is 18.1 Å². The van der Waals surface area contributed by atoms with Crippen molar-refractivity contribution < 1.29 is 28.2 Å². The van der Waals surface area contributed by atoms with Gasteiger partial charge in [0.15, 0.2) is 24.7 Å². The van der Waals surface area contributed by atoms with Crippen molar-refractivity contribution in [1.29, 1.82) is 0 Å². The predicted molar refractivity (Wildman–Crippen MR) is 107 cm³/mol. The predicted octanol–water partition coefficient (Wildman–Crippen LogP) is 3.15. The summed E-state index contributed by atoms with van der Waals surface area (Å²) >= 11 is 0. The quantitative estimate of drug-likeness (QED) is 0.619. The van der Waals surface area contributed by atoms with E-state index >= 15 is 0 Å². The zero-order valence-electron chi connectivity index (χ0n) is 16.4. The molecule has 0 saturated carbocycles. The summed E-state index contributed by atoms with van der Waals surface area (Å²) in [6.45, 7) is 1.52. The van der Waals surface area contributed by atoms with Gasteiger partial charge >= 0.3 is 5.97 Å². The molecule has 2 rings (SSSR count). The maximum Gasteiger partial charge on any atom is 0.344 e. The van der Waals surface area contributed by atoms with Gasteiger partial charge in [-0.15, -0.1) is 0 Å². The molecule has 0 aliphatic heterocycles. The van der Waals surface area contributed by atoms with Gasteiger partial charge in [0.25, 0.3) is 5.91 Å². The minimum absolute atomic E-state index is 0.307. The largest absolute Gasteiger partial charge is 0.493 e. The summed E-state index contributed by atoms with van der Waals surface area (Å²) in [4.78, 5) is 23.6. The summed E-state index contributed by atoms with van der Waals surface area (Å²) in [6, 6.07) is 11.3. The first-order valence-corrected chi connectivity index (χ1v) is 9.12. The number of carbonyl (C=O) groups is 2. The van der Waals surface area contributed by atoms with E-state index in [1.165, 1.54) is 19.2 Å². The van der Waals surface area contributed by atoms with Crippen LogP contribution in [0.4, 0.5) is 4.39 Å². The van der Waals surface area contributed by atoms with Crippen molar-refractivity contribution in [2.45, 2.75) is 13.3 Å². The van der Waals surface area contributed by atoms with Crippen LogP contribution >= 0.6 is 0 Å². The molecule has 7 heteroatoms. The molecule has 2 aromatic carbocycles. The average molecular weight is 401 g/mol. The van der Waals surface area contributed by atoms with Crippen LogP contribution in [0, 0.1) is 5.82 Å². The minimum Gasteiger partial charge on any atom is -0.493 e. The fraction of sp³-hybridized carbons (Fsp3) is 0.273. The lowest BCUT2D eigenvalue weighted by Crippen LogP contribution is -2.31. The third-order valence-corrected chi connectivity index (χ3v) is 3.91. The summed E-state index contributed by atoms with van der Waals surface area (Å²) in [5.74, 6) is -0.501. The first-order valence-electron chi connectivity index (χ1n) is 9.12. The molecule has 0 bridgehead atoms. The Hall–Kier alpha value is -3.35. The average Bonchev–Trinajstić information content (AvgIpc) is 2.72. The molecule has 0 unspecified atom stereocenters. The van der Waals surface area contributed by atoms with Crippen molar-refractivity contribution >= 4 is 18.0 Å². The highest BCUT2D eigenvalue weighted by atomic mass is 19.1. The van der Waals surface area contributed by atoms with Crippen LogP contribution < -0.4 is 14.8 Å². The number of rotatable bonds is 10. The fourth-order valence-electron chi connectivity index (χ4n) is 2.47. The Morgan fingerprint density at radius 3 is 2.52 bits per heavy atom. The molecule has 0 spiro atoms. The molecule has 0 fully saturated rings. The number of ether oxygens (including phenoxy) is 3. The molecular weight excluding hydrogens is 377 g/mol.